The molecular formula is C21H30F3NO5. The Labute approximate surface area is 174 Å². The number of alkyl halides is 3. The SMILES string of the molecule is COCC1COCCC12CCN(Cc1cccc(OC)c1)CC2.O=C(O)C(F)(F)F. The van der Waals surface area contributed by atoms with Crippen molar-refractivity contribution >= 4 is 5.97 Å². The first-order chi connectivity index (χ1) is 14.2. The first-order valence-electron chi connectivity index (χ1n) is 9.92. The molecule has 30 heavy (non-hydrogen) atoms. The molecule has 170 valence electrons. The second kappa shape index (κ2) is 11.0. The second-order valence-corrected chi connectivity index (χ2v) is 7.77. The highest BCUT2D eigenvalue weighted by atomic mass is 19.4. The first kappa shape index (κ1) is 24.4. The van der Waals surface area contributed by atoms with Gasteiger partial charge in [0.1, 0.15) is 5.75 Å². The van der Waals surface area contributed by atoms with Crippen molar-refractivity contribution in [2.45, 2.75) is 32.0 Å². The predicted octanol–water partition coefficient (Wildman–Crippen LogP) is 3.59. The molecule has 1 spiro atoms. The lowest BCUT2D eigenvalue weighted by Gasteiger charge is -2.49. The van der Waals surface area contributed by atoms with Crippen LogP contribution in [0.15, 0.2) is 24.3 Å². The van der Waals surface area contributed by atoms with Gasteiger partial charge in [-0.05, 0) is 55.5 Å². The molecule has 1 N–H and O–H groups in total. The lowest BCUT2D eigenvalue weighted by molar-refractivity contribution is -0.192. The summed E-state index contributed by atoms with van der Waals surface area (Å²) in [6.45, 7) is 5.95. The van der Waals surface area contributed by atoms with E-state index >= 15 is 0 Å². The largest absolute Gasteiger partial charge is 0.497 e. The van der Waals surface area contributed by atoms with Crippen LogP contribution in [0.2, 0.25) is 0 Å². The molecule has 2 saturated heterocycles. The monoisotopic (exact) mass is 433 g/mol. The molecule has 9 heteroatoms. The Kier molecular flexibility index (Phi) is 8.93. The van der Waals surface area contributed by atoms with Crippen molar-refractivity contribution in [3.05, 3.63) is 29.8 Å². The first-order valence-corrected chi connectivity index (χ1v) is 9.92. The third-order valence-corrected chi connectivity index (χ3v) is 5.93. The Morgan fingerprint density at radius 1 is 1.27 bits per heavy atom. The standard InChI is InChI=1S/C19H29NO3.C2HF3O2/c1-21-14-17-15-23-11-8-19(17)6-9-20(10-7-19)13-16-4-3-5-18(12-16)22-2;3-2(4,5)1(6)7/h3-5,12,17H,6-11,13-15H2,1-2H3;(H,6,7). The third-order valence-electron chi connectivity index (χ3n) is 5.93. The molecular weight excluding hydrogens is 403 g/mol. The molecule has 0 bridgehead atoms. The highest BCUT2D eigenvalue weighted by Crippen LogP contribution is 2.45. The number of likely N-dealkylation sites (tertiary alicyclic amines) is 1. The van der Waals surface area contributed by atoms with Gasteiger partial charge in [0.2, 0.25) is 0 Å². The lowest BCUT2D eigenvalue weighted by Crippen LogP contribution is -2.49. The summed E-state index contributed by atoms with van der Waals surface area (Å²) < 4.78 is 48.2. The number of carbonyl (C=O) groups is 1. The molecule has 0 aromatic heterocycles. The number of piperidine rings is 1. The summed E-state index contributed by atoms with van der Waals surface area (Å²) in [7, 11) is 3.53. The minimum absolute atomic E-state index is 0.430. The maximum Gasteiger partial charge on any atom is 0.490 e. The van der Waals surface area contributed by atoms with Gasteiger partial charge in [0.15, 0.2) is 0 Å². The molecule has 1 aromatic rings. The minimum Gasteiger partial charge on any atom is -0.497 e. The molecule has 2 heterocycles. The van der Waals surface area contributed by atoms with Crippen LogP contribution < -0.4 is 4.74 Å². The van der Waals surface area contributed by atoms with Gasteiger partial charge >= 0.3 is 12.1 Å². The zero-order chi connectivity index (χ0) is 22.2. The van der Waals surface area contributed by atoms with Crippen molar-refractivity contribution in [1.82, 2.24) is 4.90 Å². The molecule has 1 unspecified atom stereocenters. The van der Waals surface area contributed by atoms with Crippen LogP contribution >= 0.6 is 0 Å². The van der Waals surface area contributed by atoms with Crippen molar-refractivity contribution < 1.29 is 37.3 Å². The summed E-state index contributed by atoms with van der Waals surface area (Å²) in [6.07, 6.45) is -1.38. The Hall–Kier alpha value is -1.84. The van der Waals surface area contributed by atoms with Crippen LogP contribution in [0.25, 0.3) is 0 Å². The van der Waals surface area contributed by atoms with E-state index in [-0.39, 0.29) is 0 Å². The number of halogens is 3. The van der Waals surface area contributed by atoms with Crippen LogP contribution in [0.1, 0.15) is 24.8 Å². The quantitative estimate of drug-likeness (QED) is 0.766. The Morgan fingerprint density at radius 3 is 2.50 bits per heavy atom. The molecule has 1 atom stereocenters. The van der Waals surface area contributed by atoms with Crippen LogP contribution in [-0.2, 0) is 20.8 Å². The van der Waals surface area contributed by atoms with Crippen LogP contribution in [0.3, 0.4) is 0 Å². The molecule has 1 aromatic carbocycles. The summed E-state index contributed by atoms with van der Waals surface area (Å²) in [4.78, 5) is 11.5. The number of aliphatic carboxylic acids is 1. The van der Waals surface area contributed by atoms with E-state index in [9.17, 15) is 13.2 Å². The van der Waals surface area contributed by atoms with E-state index in [4.69, 9.17) is 24.1 Å². The van der Waals surface area contributed by atoms with Crippen molar-refractivity contribution in [1.29, 1.82) is 0 Å². The normalized spacial score (nSPS) is 21.6. The summed E-state index contributed by atoms with van der Waals surface area (Å²) in [5.41, 5.74) is 1.76. The van der Waals surface area contributed by atoms with E-state index in [1.807, 2.05) is 6.07 Å². The van der Waals surface area contributed by atoms with Crippen LogP contribution in [0, 0.1) is 11.3 Å². The Balaban J connectivity index is 0.000000396. The number of hydrogen-bond acceptors (Lipinski definition) is 5. The average molecular weight is 433 g/mol. The van der Waals surface area contributed by atoms with Crippen molar-refractivity contribution in [2.75, 3.05) is 47.1 Å². The smallest absolute Gasteiger partial charge is 0.490 e. The molecule has 0 aliphatic carbocycles. The fraction of sp³-hybridized carbons (Fsp3) is 0.667. The van der Waals surface area contributed by atoms with Crippen LogP contribution in [-0.4, -0.2) is 69.3 Å². The maximum absolute atomic E-state index is 10.6. The number of benzene rings is 1. The predicted molar refractivity (Wildman–Crippen MR) is 104 cm³/mol. The van der Waals surface area contributed by atoms with Crippen molar-refractivity contribution in [3.63, 3.8) is 0 Å². The molecule has 0 radical (unpaired) electrons. The second-order valence-electron chi connectivity index (χ2n) is 7.77. The number of carboxylic acids is 1. The van der Waals surface area contributed by atoms with E-state index in [2.05, 4.69) is 23.1 Å². The van der Waals surface area contributed by atoms with Gasteiger partial charge in [0.05, 0.1) is 20.3 Å². The molecule has 2 aliphatic heterocycles. The van der Waals surface area contributed by atoms with Gasteiger partial charge in [-0.3, -0.25) is 4.90 Å². The van der Waals surface area contributed by atoms with Crippen molar-refractivity contribution in [3.8, 4) is 5.75 Å². The van der Waals surface area contributed by atoms with Gasteiger partial charge in [0.25, 0.3) is 0 Å². The van der Waals surface area contributed by atoms with E-state index in [0.717, 1.165) is 45.2 Å². The van der Waals surface area contributed by atoms with Crippen LogP contribution in [0.5, 0.6) is 5.75 Å². The fourth-order valence-corrected chi connectivity index (χ4v) is 4.15. The third kappa shape index (κ3) is 6.85. The van der Waals surface area contributed by atoms with E-state index < -0.39 is 12.1 Å². The molecule has 6 nitrogen and oxygen atoms in total. The zero-order valence-electron chi connectivity index (χ0n) is 17.4. The van der Waals surface area contributed by atoms with Gasteiger partial charge in [0, 0.05) is 26.2 Å². The molecule has 2 aliphatic rings. The topological polar surface area (TPSA) is 68.2 Å². The molecule has 0 saturated carbocycles. The maximum atomic E-state index is 10.6. The number of nitrogens with zero attached hydrogens (tertiary/aromatic N) is 1. The fourth-order valence-electron chi connectivity index (χ4n) is 4.15. The number of carboxylic acid groups (broad SMARTS) is 1. The number of methoxy groups -OCH3 is 2. The number of hydrogen-bond donors (Lipinski definition) is 1. The highest BCUT2D eigenvalue weighted by molar-refractivity contribution is 5.73. The summed E-state index contributed by atoms with van der Waals surface area (Å²) >= 11 is 0. The van der Waals surface area contributed by atoms with Gasteiger partial charge in [-0.15, -0.1) is 0 Å². The zero-order valence-corrected chi connectivity index (χ0v) is 17.4. The number of ether oxygens (including phenoxy) is 3. The average Bonchev–Trinajstić information content (AvgIpc) is 2.72. The lowest BCUT2D eigenvalue weighted by atomic mass is 9.66. The Morgan fingerprint density at radius 2 is 1.93 bits per heavy atom. The molecule has 0 amide bonds. The minimum atomic E-state index is -5.08. The van der Waals surface area contributed by atoms with Gasteiger partial charge < -0.3 is 19.3 Å². The highest BCUT2D eigenvalue weighted by Gasteiger charge is 2.43. The van der Waals surface area contributed by atoms with E-state index in [1.54, 1.807) is 14.2 Å². The van der Waals surface area contributed by atoms with Gasteiger partial charge in [-0.2, -0.15) is 13.2 Å². The molecule has 3 rings (SSSR count). The molecule has 2 fully saturated rings. The Bertz CT molecular complexity index is 673. The summed E-state index contributed by atoms with van der Waals surface area (Å²) in [5.74, 6) is -1.26. The van der Waals surface area contributed by atoms with Gasteiger partial charge in [-0.1, -0.05) is 12.1 Å². The van der Waals surface area contributed by atoms with Crippen molar-refractivity contribution in [2.24, 2.45) is 11.3 Å². The van der Waals surface area contributed by atoms with Gasteiger partial charge in [-0.25, -0.2) is 4.79 Å². The van der Waals surface area contributed by atoms with E-state index in [0.29, 0.717) is 11.3 Å². The number of rotatable bonds is 5. The van der Waals surface area contributed by atoms with E-state index in [1.165, 1.54) is 24.8 Å². The van der Waals surface area contributed by atoms with Crippen LogP contribution in [0.4, 0.5) is 13.2 Å². The summed E-state index contributed by atoms with van der Waals surface area (Å²) in [6, 6.07) is 8.42. The summed E-state index contributed by atoms with van der Waals surface area (Å²) in [5, 5.41) is 7.12.